The number of carbonyl (C=O) groups is 2. The Morgan fingerprint density at radius 1 is 0.970 bits per heavy atom. The molecule has 0 spiro atoms. The first-order chi connectivity index (χ1) is 15.6. The second-order valence-electron chi connectivity index (χ2n) is 8.00. The van der Waals surface area contributed by atoms with E-state index in [9.17, 15) is 22.8 Å². The first kappa shape index (κ1) is 25.0. The second kappa shape index (κ2) is 11.0. The van der Waals surface area contributed by atoms with Crippen molar-refractivity contribution in [2.75, 3.05) is 44.6 Å². The van der Waals surface area contributed by atoms with Crippen LogP contribution in [0.15, 0.2) is 42.5 Å². The Morgan fingerprint density at radius 2 is 1.58 bits per heavy atom. The molecule has 178 valence electrons. The minimum atomic E-state index is -4.60. The van der Waals surface area contributed by atoms with Crippen LogP contribution in [-0.2, 0) is 22.3 Å². The third-order valence-corrected chi connectivity index (χ3v) is 5.82. The summed E-state index contributed by atoms with van der Waals surface area (Å²) in [5.74, 6) is -0.470. The van der Waals surface area contributed by atoms with E-state index in [0.717, 1.165) is 23.3 Å². The number of alkyl halides is 3. The smallest absolute Gasteiger partial charge is 0.351 e. The average molecular weight is 483 g/mol. The predicted molar refractivity (Wildman–Crippen MR) is 121 cm³/mol. The summed E-state index contributed by atoms with van der Waals surface area (Å²) in [6, 6.07) is 11.1. The number of nitrogens with zero attached hydrogens (tertiary/aromatic N) is 2. The van der Waals surface area contributed by atoms with E-state index in [4.69, 9.17) is 11.6 Å². The highest BCUT2D eigenvalue weighted by atomic mass is 35.5. The molecular weight excluding hydrogens is 457 g/mol. The molecule has 1 fully saturated rings. The molecule has 2 amide bonds. The van der Waals surface area contributed by atoms with Crippen LogP contribution in [0.2, 0.25) is 5.02 Å². The molecular formula is C23H26ClF3N4O2. The summed E-state index contributed by atoms with van der Waals surface area (Å²) in [6.07, 6.45) is -4.60. The van der Waals surface area contributed by atoms with Gasteiger partial charge in [0.05, 0.1) is 23.7 Å². The summed E-state index contributed by atoms with van der Waals surface area (Å²) in [7, 11) is 0. The fraction of sp³-hybridized carbons (Fsp3) is 0.391. The Kier molecular flexibility index (Phi) is 8.34. The largest absolute Gasteiger partial charge is 0.417 e. The van der Waals surface area contributed by atoms with E-state index in [1.807, 2.05) is 41.0 Å². The van der Waals surface area contributed by atoms with Crippen molar-refractivity contribution in [2.45, 2.75) is 19.6 Å². The van der Waals surface area contributed by atoms with E-state index in [0.29, 0.717) is 32.7 Å². The molecule has 1 saturated heterocycles. The van der Waals surface area contributed by atoms with Crippen LogP contribution in [0.1, 0.15) is 16.7 Å². The fourth-order valence-electron chi connectivity index (χ4n) is 3.59. The van der Waals surface area contributed by atoms with Crippen LogP contribution in [0, 0.1) is 6.92 Å². The summed E-state index contributed by atoms with van der Waals surface area (Å²) in [4.78, 5) is 28.5. The van der Waals surface area contributed by atoms with Crippen LogP contribution in [-0.4, -0.2) is 60.9 Å². The van der Waals surface area contributed by atoms with Crippen LogP contribution >= 0.6 is 11.6 Å². The summed E-state index contributed by atoms with van der Waals surface area (Å²) < 4.78 is 38.9. The highest BCUT2D eigenvalue weighted by molar-refractivity contribution is 6.31. The zero-order valence-corrected chi connectivity index (χ0v) is 19.0. The molecule has 0 unspecified atom stereocenters. The van der Waals surface area contributed by atoms with Crippen LogP contribution in [0.4, 0.5) is 18.9 Å². The van der Waals surface area contributed by atoms with Crippen molar-refractivity contribution in [1.82, 2.24) is 15.1 Å². The molecule has 1 heterocycles. The Bertz CT molecular complexity index is 992. The number of nitrogens with one attached hydrogen (secondary N) is 2. The van der Waals surface area contributed by atoms with E-state index in [2.05, 4.69) is 10.6 Å². The summed E-state index contributed by atoms with van der Waals surface area (Å²) in [5, 5.41) is 5.00. The third kappa shape index (κ3) is 7.45. The molecule has 1 aliphatic rings. The number of carbonyl (C=O) groups excluding carboxylic acids is 2. The number of piperazine rings is 1. The monoisotopic (exact) mass is 482 g/mol. The zero-order valence-electron chi connectivity index (χ0n) is 18.2. The Labute approximate surface area is 195 Å². The van der Waals surface area contributed by atoms with E-state index < -0.39 is 22.7 Å². The fourth-order valence-corrected chi connectivity index (χ4v) is 3.82. The van der Waals surface area contributed by atoms with Crippen molar-refractivity contribution >= 4 is 29.1 Å². The van der Waals surface area contributed by atoms with Gasteiger partial charge in [-0.15, -0.1) is 0 Å². The molecule has 0 saturated carbocycles. The summed E-state index contributed by atoms with van der Waals surface area (Å²) in [5.41, 5.74) is 1.25. The van der Waals surface area contributed by atoms with Gasteiger partial charge in [-0.2, -0.15) is 13.2 Å². The third-order valence-electron chi connectivity index (χ3n) is 5.49. The number of halogens is 4. The van der Waals surface area contributed by atoms with Gasteiger partial charge in [0.1, 0.15) is 0 Å². The number of hydrogen-bond donors (Lipinski definition) is 2. The molecule has 6 nitrogen and oxygen atoms in total. The molecule has 2 aromatic rings. The zero-order chi connectivity index (χ0) is 24.0. The van der Waals surface area contributed by atoms with Gasteiger partial charge in [-0.3, -0.25) is 19.4 Å². The molecule has 0 aromatic heterocycles. The van der Waals surface area contributed by atoms with Gasteiger partial charge in [-0.1, -0.05) is 35.9 Å². The highest BCUT2D eigenvalue weighted by Crippen LogP contribution is 2.36. The van der Waals surface area contributed by atoms with E-state index in [-0.39, 0.29) is 24.7 Å². The molecule has 0 radical (unpaired) electrons. The van der Waals surface area contributed by atoms with Crippen LogP contribution in [0.3, 0.4) is 0 Å². The van der Waals surface area contributed by atoms with Gasteiger partial charge in [-0.25, -0.2) is 0 Å². The predicted octanol–water partition coefficient (Wildman–Crippen LogP) is 3.54. The van der Waals surface area contributed by atoms with Gasteiger partial charge in [-0.05, 0) is 36.2 Å². The second-order valence-corrected chi connectivity index (χ2v) is 8.40. The Balaban J connectivity index is 1.41. The molecule has 0 aliphatic carbocycles. The van der Waals surface area contributed by atoms with Crippen molar-refractivity contribution < 1.29 is 22.8 Å². The lowest BCUT2D eigenvalue weighted by Gasteiger charge is -2.33. The number of anilines is 1. The van der Waals surface area contributed by atoms with Crippen molar-refractivity contribution in [1.29, 1.82) is 0 Å². The van der Waals surface area contributed by atoms with E-state index in [1.54, 1.807) is 0 Å². The molecule has 3 rings (SSSR count). The number of hydrogen-bond acceptors (Lipinski definition) is 4. The summed E-state index contributed by atoms with van der Waals surface area (Å²) in [6.45, 7) is 5.19. The maximum atomic E-state index is 13.0. The molecule has 1 aliphatic heterocycles. The maximum Gasteiger partial charge on any atom is 0.417 e. The quantitative estimate of drug-likeness (QED) is 0.633. The molecule has 0 bridgehead atoms. The average Bonchev–Trinajstić information content (AvgIpc) is 2.75. The SMILES string of the molecule is Cc1ccccc1CNC(=O)CN1CCN(CC(=O)Nc2ccc(Cl)c(C(F)(F)F)c2)CC1. The first-order valence-electron chi connectivity index (χ1n) is 10.5. The Hall–Kier alpha value is -2.62. The van der Waals surface area contributed by atoms with Crippen molar-refractivity contribution in [3.8, 4) is 0 Å². The molecule has 10 heteroatoms. The number of benzene rings is 2. The maximum absolute atomic E-state index is 13.0. The summed E-state index contributed by atoms with van der Waals surface area (Å²) >= 11 is 5.61. The minimum absolute atomic E-state index is 0.0423. The van der Waals surface area contributed by atoms with Crippen molar-refractivity contribution in [3.05, 3.63) is 64.2 Å². The standard InChI is InChI=1S/C23H26ClF3N4O2/c1-16-4-2-3-5-17(16)13-28-21(32)14-30-8-10-31(11-9-30)15-22(33)29-18-6-7-20(24)19(12-18)23(25,26)27/h2-7,12H,8-11,13-15H2,1H3,(H,28,32)(H,29,33). The van der Waals surface area contributed by atoms with Gasteiger partial charge in [0, 0.05) is 38.4 Å². The highest BCUT2D eigenvalue weighted by Gasteiger charge is 2.33. The van der Waals surface area contributed by atoms with Crippen molar-refractivity contribution in [2.24, 2.45) is 0 Å². The van der Waals surface area contributed by atoms with Gasteiger partial charge >= 0.3 is 6.18 Å². The lowest BCUT2D eigenvalue weighted by molar-refractivity contribution is -0.137. The van der Waals surface area contributed by atoms with Crippen molar-refractivity contribution in [3.63, 3.8) is 0 Å². The normalized spacial score (nSPS) is 15.3. The number of amides is 2. The Morgan fingerprint density at radius 3 is 2.18 bits per heavy atom. The number of rotatable bonds is 7. The van der Waals surface area contributed by atoms with Gasteiger partial charge < -0.3 is 10.6 Å². The molecule has 2 aromatic carbocycles. The van der Waals surface area contributed by atoms with E-state index >= 15 is 0 Å². The molecule has 0 atom stereocenters. The minimum Gasteiger partial charge on any atom is -0.351 e. The van der Waals surface area contributed by atoms with Crippen LogP contribution in [0.5, 0.6) is 0 Å². The molecule has 33 heavy (non-hydrogen) atoms. The molecule has 2 N–H and O–H groups in total. The lowest BCUT2D eigenvalue weighted by Crippen LogP contribution is -2.50. The van der Waals surface area contributed by atoms with E-state index in [1.165, 1.54) is 6.07 Å². The lowest BCUT2D eigenvalue weighted by atomic mass is 10.1. The topological polar surface area (TPSA) is 64.7 Å². The van der Waals surface area contributed by atoms with Crippen LogP contribution in [0.25, 0.3) is 0 Å². The van der Waals surface area contributed by atoms with Crippen LogP contribution < -0.4 is 10.6 Å². The van der Waals surface area contributed by atoms with Gasteiger partial charge in [0.15, 0.2) is 0 Å². The van der Waals surface area contributed by atoms with Gasteiger partial charge in [0.2, 0.25) is 11.8 Å². The number of aryl methyl sites for hydroxylation is 1. The van der Waals surface area contributed by atoms with Gasteiger partial charge in [0.25, 0.3) is 0 Å². The first-order valence-corrected chi connectivity index (χ1v) is 10.9.